The maximum atomic E-state index is 11.5. The summed E-state index contributed by atoms with van der Waals surface area (Å²) in [6, 6.07) is 0. The van der Waals surface area contributed by atoms with Crippen molar-refractivity contribution in [3.8, 4) is 0 Å². The van der Waals surface area contributed by atoms with E-state index in [1.807, 2.05) is 4.90 Å². The average Bonchev–Trinajstić information content (AvgIpc) is 2.40. The summed E-state index contributed by atoms with van der Waals surface area (Å²) in [6.45, 7) is 4.83. The molecule has 7 nitrogen and oxygen atoms in total. The van der Waals surface area contributed by atoms with Gasteiger partial charge in [-0.15, -0.1) is 0 Å². The van der Waals surface area contributed by atoms with Crippen LogP contribution in [0.15, 0.2) is 12.4 Å². The molecule has 1 saturated heterocycles. The Hall–Kier alpha value is -2.05. The van der Waals surface area contributed by atoms with Gasteiger partial charge in [0.2, 0.25) is 5.95 Å². The number of nitrogen functional groups attached to an aromatic ring is 1. The summed E-state index contributed by atoms with van der Waals surface area (Å²) >= 11 is 0. The molecular formula is C11H17N5O2. The van der Waals surface area contributed by atoms with E-state index in [2.05, 4.69) is 9.97 Å². The summed E-state index contributed by atoms with van der Waals surface area (Å²) < 4.78 is 4.96. The lowest BCUT2D eigenvalue weighted by Gasteiger charge is -2.33. The molecule has 1 aromatic rings. The molecule has 0 saturated carbocycles. The molecule has 0 spiro atoms. The summed E-state index contributed by atoms with van der Waals surface area (Å²) in [5, 5.41) is 0. The first kappa shape index (κ1) is 12.4. The number of nitrogens with two attached hydrogens (primary N) is 1. The number of hydrogen-bond acceptors (Lipinski definition) is 6. The van der Waals surface area contributed by atoms with Crippen molar-refractivity contribution in [3.63, 3.8) is 0 Å². The highest BCUT2D eigenvalue weighted by Gasteiger charge is 2.22. The molecular weight excluding hydrogens is 234 g/mol. The zero-order valence-electron chi connectivity index (χ0n) is 10.4. The zero-order valence-corrected chi connectivity index (χ0v) is 10.4. The number of nitrogens with zero attached hydrogens (tertiary/aromatic N) is 4. The van der Waals surface area contributed by atoms with Crippen molar-refractivity contribution in [2.45, 2.75) is 6.92 Å². The monoisotopic (exact) mass is 251 g/mol. The molecule has 1 aromatic heterocycles. The van der Waals surface area contributed by atoms with Gasteiger partial charge in [-0.3, -0.25) is 0 Å². The van der Waals surface area contributed by atoms with Gasteiger partial charge in [-0.05, 0) is 6.92 Å². The molecule has 18 heavy (non-hydrogen) atoms. The second kappa shape index (κ2) is 5.52. The lowest BCUT2D eigenvalue weighted by atomic mass is 10.3. The largest absolute Gasteiger partial charge is 0.450 e. The highest BCUT2D eigenvalue weighted by molar-refractivity contribution is 5.68. The maximum Gasteiger partial charge on any atom is 0.409 e. The Balaban J connectivity index is 1.90. The van der Waals surface area contributed by atoms with Crippen molar-refractivity contribution in [3.05, 3.63) is 12.4 Å². The minimum absolute atomic E-state index is 0.254. The predicted molar refractivity (Wildman–Crippen MR) is 67.3 cm³/mol. The number of piperazine rings is 1. The van der Waals surface area contributed by atoms with E-state index in [4.69, 9.17) is 10.5 Å². The van der Waals surface area contributed by atoms with Gasteiger partial charge in [-0.2, -0.15) is 0 Å². The van der Waals surface area contributed by atoms with Crippen LogP contribution in [0.5, 0.6) is 0 Å². The van der Waals surface area contributed by atoms with E-state index >= 15 is 0 Å². The number of aromatic nitrogens is 2. The highest BCUT2D eigenvalue weighted by atomic mass is 16.6. The average molecular weight is 251 g/mol. The Morgan fingerprint density at radius 3 is 2.50 bits per heavy atom. The van der Waals surface area contributed by atoms with Crippen LogP contribution in [0.2, 0.25) is 0 Å². The topological polar surface area (TPSA) is 84.6 Å². The molecule has 0 atom stereocenters. The Morgan fingerprint density at radius 1 is 1.33 bits per heavy atom. The fraction of sp³-hybridized carbons (Fsp3) is 0.545. The van der Waals surface area contributed by atoms with Gasteiger partial charge in [0, 0.05) is 26.2 Å². The van der Waals surface area contributed by atoms with Crippen molar-refractivity contribution < 1.29 is 9.53 Å². The standard InChI is InChI=1S/C11H17N5O2/c1-2-18-11(17)16-5-3-15(4-6-16)10-13-7-9(12)8-14-10/h7-8H,2-6,12H2,1H3. The van der Waals surface area contributed by atoms with Crippen molar-refractivity contribution in [1.82, 2.24) is 14.9 Å². The van der Waals surface area contributed by atoms with Crippen LogP contribution in [0.1, 0.15) is 6.92 Å². The molecule has 7 heteroatoms. The molecule has 2 N–H and O–H groups in total. The molecule has 0 aliphatic carbocycles. The summed E-state index contributed by atoms with van der Waals surface area (Å²) in [7, 11) is 0. The third-order valence-electron chi connectivity index (χ3n) is 2.75. The first-order valence-electron chi connectivity index (χ1n) is 5.95. The molecule has 2 rings (SSSR count). The second-order valence-corrected chi connectivity index (χ2v) is 3.99. The minimum atomic E-state index is -0.254. The summed E-state index contributed by atoms with van der Waals surface area (Å²) in [6.07, 6.45) is 2.91. The molecule has 98 valence electrons. The SMILES string of the molecule is CCOC(=O)N1CCN(c2ncc(N)cn2)CC1. The number of anilines is 2. The fourth-order valence-corrected chi connectivity index (χ4v) is 1.80. The molecule has 1 fully saturated rings. The number of ether oxygens (including phenoxy) is 1. The summed E-state index contributed by atoms with van der Waals surface area (Å²) in [5.41, 5.74) is 6.08. The second-order valence-electron chi connectivity index (χ2n) is 3.99. The first-order valence-corrected chi connectivity index (χ1v) is 5.95. The van der Waals surface area contributed by atoms with Gasteiger partial charge < -0.3 is 20.3 Å². The lowest BCUT2D eigenvalue weighted by molar-refractivity contribution is 0.105. The van der Waals surface area contributed by atoms with Gasteiger partial charge in [0.25, 0.3) is 0 Å². The minimum Gasteiger partial charge on any atom is -0.450 e. The van der Waals surface area contributed by atoms with E-state index in [0.29, 0.717) is 44.4 Å². The van der Waals surface area contributed by atoms with E-state index < -0.39 is 0 Å². The van der Waals surface area contributed by atoms with Crippen molar-refractivity contribution >= 4 is 17.7 Å². The Bertz CT molecular complexity index is 400. The molecule has 2 heterocycles. The molecule has 0 bridgehead atoms. The quantitative estimate of drug-likeness (QED) is 0.815. The fourth-order valence-electron chi connectivity index (χ4n) is 1.80. The van der Waals surface area contributed by atoms with Crippen LogP contribution in [0, 0.1) is 0 Å². The van der Waals surface area contributed by atoms with Gasteiger partial charge in [0.05, 0.1) is 24.7 Å². The van der Waals surface area contributed by atoms with Gasteiger partial charge in [-0.25, -0.2) is 14.8 Å². The van der Waals surface area contributed by atoms with E-state index in [0.717, 1.165) is 0 Å². The van der Waals surface area contributed by atoms with E-state index in [-0.39, 0.29) is 6.09 Å². The van der Waals surface area contributed by atoms with Crippen LogP contribution in [0.3, 0.4) is 0 Å². The zero-order chi connectivity index (χ0) is 13.0. The number of carbonyl (C=O) groups excluding carboxylic acids is 1. The summed E-state index contributed by atoms with van der Waals surface area (Å²) in [4.78, 5) is 23.6. The normalized spacial score (nSPS) is 15.6. The van der Waals surface area contributed by atoms with Crippen LogP contribution in [0.25, 0.3) is 0 Å². The van der Waals surface area contributed by atoms with Crippen LogP contribution < -0.4 is 10.6 Å². The van der Waals surface area contributed by atoms with Gasteiger partial charge in [-0.1, -0.05) is 0 Å². The Morgan fingerprint density at radius 2 is 1.94 bits per heavy atom. The Kier molecular flexibility index (Phi) is 3.81. The first-order chi connectivity index (χ1) is 8.70. The predicted octanol–water partition coefficient (Wildman–Crippen LogP) is 0.337. The third-order valence-corrected chi connectivity index (χ3v) is 2.75. The summed E-state index contributed by atoms with van der Waals surface area (Å²) in [5.74, 6) is 0.646. The molecule has 0 unspecified atom stereocenters. The molecule has 1 aliphatic rings. The van der Waals surface area contributed by atoms with Crippen LogP contribution in [-0.2, 0) is 4.74 Å². The Labute approximate surface area is 106 Å². The molecule has 1 amide bonds. The lowest BCUT2D eigenvalue weighted by Crippen LogP contribution is -2.49. The van der Waals surface area contributed by atoms with E-state index in [9.17, 15) is 4.79 Å². The van der Waals surface area contributed by atoms with E-state index in [1.165, 1.54) is 0 Å². The van der Waals surface area contributed by atoms with Gasteiger partial charge in [0.15, 0.2) is 0 Å². The van der Waals surface area contributed by atoms with Gasteiger partial charge in [0.1, 0.15) is 0 Å². The van der Waals surface area contributed by atoms with Crippen LogP contribution in [0.4, 0.5) is 16.4 Å². The molecule has 1 aliphatic heterocycles. The van der Waals surface area contributed by atoms with E-state index in [1.54, 1.807) is 24.2 Å². The number of hydrogen-bond donors (Lipinski definition) is 1. The number of rotatable bonds is 2. The smallest absolute Gasteiger partial charge is 0.409 e. The maximum absolute atomic E-state index is 11.5. The molecule has 0 aromatic carbocycles. The number of amides is 1. The van der Waals surface area contributed by atoms with Crippen molar-refractivity contribution in [2.24, 2.45) is 0 Å². The van der Waals surface area contributed by atoms with Crippen LogP contribution >= 0.6 is 0 Å². The van der Waals surface area contributed by atoms with Crippen molar-refractivity contribution in [1.29, 1.82) is 0 Å². The van der Waals surface area contributed by atoms with Crippen LogP contribution in [-0.4, -0.2) is 53.7 Å². The third kappa shape index (κ3) is 2.79. The highest BCUT2D eigenvalue weighted by Crippen LogP contribution is 2.11. The molecule has 0 radical (unpaired) electrons. The van der Waals surface area contributed by atoms with Gasteiger partial charge >= 0.3 is 6.09 Å². The number of carbonyl (C=O) groups is 1. The van der Waals surface area contributed by atoms with Crippen molar-refractivity contribution in [2.75, 3.05) is 43.4 Å².